The fourth-order valence-electron chi connectivity index (χ4n) is 12.2. The zero-order valence-corrected chi connectivity index (χ0v) is 60.6. The van der Waals surface area contributed by atoms with Crippen LogP contribution in [0, 0.1) is 5.92 Å². The third kappa shape index (κ3) is 23.4. The van der Waals surface area contributed by atoms with E-state index in [-0.39, 0.29) is 56.6 Å². The van der Waals surface area contributed by atoms with Crippen molar-refractivity contribution < 1.29 is 63.2 Å². The molecule has 1 aliphatic carbocycles. The molecule has 102 heavy (non-hydrogen) atoms. The molecule has 0 bridgehead atoms. The van der Waals surface area contributed by atoms with Gasteiger partial charge in [-0.2, -0.15) is 0 Å². The quantitative estimate of drug-likeness (QED) is 0.0132. The number of aliphatic hydroxyl groups excluding tert-OH is 2. The third-order valence-electron chi connectivity index (χ3n) is 17.5. The van der Waals surface area contributed by atoms with E-state index in [1.54, 1.807) is 44.7 Å². The fourth-order valence-corrected chi connectivity index (χ4v) is 16.1. The number of aliphatic carboxylic acids is 1. The summed E-state index contributed by atoms with van der Waals surface area (Å²) in [5.74, 6) is -8.23. The Morgan fingerprint density at radius 1 is 0.627 bits per heavy atom. The highest BCUT2D eigenvalue weighted by Gasteiger charge is 2.40. The van der Waals surface area contributed by atoms with Crippen LogP contribution in [-0.4, -0.2) is 159 Å². The standard InChI is InChI=1S/C78H94N8O13S3/c1-50(87)67-74(95)84-65(73(94)86-68(51(2)88)75(96)97)49-102-101-48-64(83-71(92)62(45-53-28-13-7-14-29-53)79-42-25-43-100-78(57-31-15-8-16-32-57,58-33-17-9-18-34-58)59-35-19-10-20-36-59)66(89)47-56(44-52-26-11-6-12-27-52)69(90)82-63(46-55-40-39-54-30-21-22-37-60(54)55)72(93)81-61(70(91)85-67)38-23-24-41-80-76(98)99-77(3,4)5/h6-22,26-37,40,50-51,56,61-65,67-68,79,87-88H,23-25,38-39,41-49H2,1-5H3,(H,80,98)(H,81,93)(H,82,90)(H,83,92)(H,84,95)(H,85,91)(H,86,94)(H,96,97)/t50-,51-,56-,61+,62-,63-,64+,65+,67+,68+/m1/s1. The van der Waals surface area contributed by atoms with Crippen molar-refractivity contribution in [2.75, 3.05) is 30.3 Å². The first-order chi connectivity index (χ1) is 49.0. The Bertz CT molecular complexity index is 3700. The van der Waals surface area contributed by atoms with E-state index in [2.05, 4.69) is 78.9 Å². The lowest BCUT2D eigenvalue weighted by atomic mass is 9.84. The van der Waals surface area contributed by atoms with Crippen LogP contribution in [0.1, 0.15) is 112 Å². The zero-order chi connectivity index (χ0) is 73.2. The molecule has 0 radical (unpaired) electrons. The topological polar surface area (TPSA) is 320 Å². The number of hydrogen-bond donors (Lipinski definition) is 11. The largest absolute Gasteiger partial charge is 0.480 e. The van der Waals surface area contributed by atoms with Gasteiger partial charge < -0.3 is 62.6 Å². The molecular weight excluding hydrogens is 1350 g/mol. The van der Waals surface area contributed by atoms with E-state index in [1.807, 2.05) is 133 Å². The lowest BCUT2D eigenvalue weighted by Crippen LogP contribution is -2.62. The third-order valence-corrected chi connectivity index (χ3v) is 21.6. The van der Waals surface area contributed by atoms with Crippen LogP contribution >= 0.6 is 33.3 Å². The van der Waals surface area contributed by atoms with Gasteiger partial charge in [0.25, 0.3) is 0 Å². The molecule has 7 amide bonds. The minimum absolute atomic E-state index is 0.0144. The number of ketones is 1. The van der Waals surface area contributed by atoms with Crippen molar-refractivity contribution in [1.82, 2.24) is 42.5 Å². The van der Waals surface area contributed by atoms with Crippen molar-refractivity contribution >= 4 is 92.2 Å². The molecule has 10 atom stereocenters. The smallest absolute Gasteiger partial charge is 0.407 e. The summed E-state index contributed by atoms with van der Waals surface area (Å²) in [7, 11) is 2.02. The molecule has 1 aliphatic heterocycles. The predicted octanol–water partition coefficient (Wildman–Crippen LogP) is 8.00. The van der Waals surface area contributed by atoms with Gasteiger partial charge in [-0.05, 0) is 136 Å². The number of ether oxygens (including phenoxy) is 1. The lowest BCUT2D eigenvalue weighted by Gasteiger charge is -2.35. The Morgan fingerprint density at radius 3 is 1.77 bits per heavy atom. The van der Waals surface area contributed by atoms with E-state index >= 15 is 19.2 Å². The van der Waals surface area contributed by atoms with Gasteiger partial charge in [0, 0.05) is 36.8 Å². The number of rotatable bonds is 27. The number of carbonyl (C=O) groups excluding carboxylic acids is 8. The van der Waals surface area contributed by atoms with Gasteiger partial charge in [0.15, 0.2) is 11.8 Å². The average molecular weight is 1450 g/mol. The number of carboxylic acid groups (broad SMARTS) is 1. The van der Waals surface area contributed by atoms with Crippen molar-refractivity contribution in [1.29, 1.82) is 0 Å². The maximum atomic E-state index is 15.5. The second kappa shape index (κ2) is 39.0. The van der Waals surface area contributed by atoms with Crippen molar-refractivity contribution in [2.24, 2.45) is 5.92 Å². The molecule has 1 heterocycles. The monoisotopic (exact) mass is 1450 g/mol. The van der Waals surface area contributed by atoms with E-state index in [4.69, 9.17) is 4.74 Å². The Balaban J connectivity index is 1.13. The summed E-state index contributed by atoms with van der Waals surface area (Å²) < 4.78 is 4.79. The van der Waals surface area contributed by atoms with Gasteiger partial charge in [0.1, 0.15) is 29.8 Å². The summed E-state index contributed by atoms with van der Waals surface area (Å²) >= 11 is 1.79. The van der Waals surface area contributed by atoms with Crippen molar-refractivity contribution in [3.63, 3.8) is 0 Å². The first-order valence-corrected chi connectivity index (χ1v) is 38.0. The van der Waals surface area contributed by atoms with Crippen molar-refractivity contribution in [3.8, 4) is 0 Å². The normalized spacial score (nSPS) is 20.1. The van der Waals surface area contributed by atoms with Crippen LogP contribution in [0.2, 0.25) is 0 Å². The number of fused-ring (bicyclic) bond motifs is 1. The van der Waals surface area contributed by atoms with Crippen LogP contribution in [0.4, 0.5) is 4.79 Å². The summed E-state index contributed by atoms with van der Waals surface area (Å²) in [6.45, 7) is 8.01. The molecule has 1 fully saturated rings. The number of unbranched alkanes of at least 4 members (excludes halogenated alkanes) is 1. The van der Waals surface area contributed by atoms with E-state index in [9.17, 15) is 39.3 Å². The molecule has 21 nitrogen and oxygen atoms in total. The number of nitrogens with one attached hydrogen (secondary N) is 8. The molecule has 24 heteroatoms. The number of allylic oxidation sites excluding steroid dienone is 1. The molecule has 11 N–H and O–H groups in total. The SMILES string of the molecule is C[C@@H](O)[C@H](NC(=O)[C@@H]1CSSC[C@H](NC(=O)[C@@H](Cc2ccccc2)NCCCSC(c2ccccc2)(c2ccccc2)c2ccccc2)C(=O)C[C@@H](Cc2ccccc2)C(=O)N[C@H](CC2=CCc3ccccc32)C(=O)N[C@@H](CCCCNC(=O)OC(C)(C)C)C(=O)N[C@@H]([C@@H](C)O)C(=O)N1)C(=O)O. The summed E-state index contributed by atoms with van der Waals surface area (Å²) in [6, 6.07) is 46.8. The summed E-state index contributed by atoms with van der Waals surface area (Å²) in [5.41, 5.74) is 6.62. The second-order valence-corrected chi connectivity index (χ2v) is 30.4. The van der Waals surface area contributed by atoms with Gasteiger partial charge in [-0.25, -0.2) is 9.59 Å². The Kier molecular flexibility index (Phi) is 30.2. The van der Waals surface area contributed by atoms with Gasteiger partial charge in [-0.1, -0.05) is 204 Å². The van der Waals surface area contributed by atoms with E-state index in [0.717, 1.165) is 67.5 Å². The van der Waals surface area contributed by atoms with Crippen molar-refractivity contribution in [2.45, 2.75) is 157 Å². The molecule has 6 aromatic carbocycles. The number of benzene rings is 6. The maximum Gasteiger partial charge on any atom is 0.407 e. The van der Waals surface area contributed by atoms with Gasteiger partial charge in [0.2, 0.25) is 35.4 Å². The molecule has 0 saturated carbocycles. The first kappa shape index (κ1) is 78.9. The number of thioether (sulfide) groups is 1. The number of hydrogen-bond acceptors (Lipinski definition) is 16. The number of aliphatic hydroxyl groups is 2. The number of Topliss-reactive ketones (excluding diaryl/α,β-unsaturated/α-hetero) is 1. The fraction of sp³-hybridized carbons (Fsp3) is 0.397. The Hall–Kier alpha value is -8.78. The van der Waals surface area contributed by atoms with E-state index in [0.29, 0.717) is 30.7 Å². The molecule has 542 valence electrons. The highest BCUT2D eigenvalue weighted by Crippen LogP contribution is 2.48. The van der Waals surface area contributed by atoms with E-state index < -0.39 is 130 Å². The summed E-state index contributed by atoms with van der Waals surface area (Å²) in [5, 5.41) is 54.2. The van der Waals surface area contributed by atoms with Crippen LogP contribution in [0.3, 0.4) is 0 Å². The van der Waals surface area contributed by atoms with Crippen LogP contribution in [0.5, 0.6) is 0 Å². The summed E-state index contributed by atoms with van der Waals surface area (Å²) in [6.07, 6.45) is -0.721. The molecule has 0 unspecified atom stereocenters. The van der Waals surface area contributed by atoms with Crippen molar-refractivity contribution in [3.05, 3.63) is 221 Å². The maximum absolute atomic E-state index is 15.5. The first-order valence-electron chi connectivity index (χ1n) is 34.5. The lowest BCUT2D eigenvalue weighted by molar-refractivity contribution is -0.145. The molecule has 1 saturated heterocycles. The van der Waals surface area contributed by atoms with Crippen LogP contribution < -0.4 is 42.5 Å². The number of alkyl carbamates (subject to hydrolysis) is 1. The second-order valence-electron chi connectivity index (χ2n) is 26.6. The number of carbonyl (C=O) groups is 9. The van der Waals surface area contributed by atoms with Crippen LogP contribution in [0.15, 0.2) is 182 Å². The van der Waals surface area contributed by atoms with Crippen LogP contribution in [0.25, 0.3) is 5.57 Å². The molecular formula is C78H94N8O13S3. The number of amides is 7. The molecule has 8 rings (SSSR count). The molecule has 0 spiro atoms. The molecule has 6 aromatic rings. The average Bonchev–Trinajstić information content (AvgIpc) is 0.874. The molecule has 2 aliphatic rings. The zero-order valence-electron chi connectivity index (χ0n) is 58.1. The van der Waals surface area contributed by atoms with E-state index in [1.165, 1.54) is 6.92 Å². The Labute approximate surface area is 608 Å². The van der Waals surface area contributed by atoms with Crippen LogP contribution in [-0.2, 0) is 67.1 Å². The van der Waals surface area contributed by atoms with Gasteiger partial charge >= 0.3 is 12.1 Å². The summed E-state index contributed by atoms with van der Waals surface area (Å²) in [4.78, 5) is 130. The minimum atomic E-state index is -1.84. The molecule has 0 aromatic heterocycles. The van der Waals surface area contributed by atoms with Gasteiger partial charge in [0.05, 0.1) is 29.0 Å². The highest BCUT2D eigenvalue weighted by molar-refractivity contribution is 8.76. The van der Waals surface area contributed by atoms with Gasteiger partial charge in [-0.15, -0.1) is 11.8 Å². The number of carboxylic acids is 1. The predicted molar refractivity (Wildman–Crippen MR) is 400 cm³/mol. The van der Waals surface area contributed by atoms with Gasteiger partial charge in [-0.3, -0.25) is 33.6 Å². The minimum Gasteiger partial charge on any atom is -0.480 e. The Morgan fingerprint density at radius 2 is 1.19 bits per heavy atom. The highest BCUT2D eigenvalue weighted by atomic mass is 33.1.